The van der Waals surface area contributed by atoms with E-state index in [1.54, 1.807) is 12.1 Å². The number of hydrogen-bond donors (Lipinski definition) is 0. The number of halogens is 1. The molecule has 1 aromatic heterocycles. The summed E-state index contributed by atoms with van der Waals surface area (Å²) < 4.78 is 15.4. The van der Waals surface area contributed by atoms with Crippen LogP contribution in [0.15, 0.2) is 78.9 Å². The number of benzene rings is 3. The van der Waals surface area contributed by atoms with Crippen LogP contribution in [0.5, 0.6) is 0 Å². The lowest BCUT2D eigenvalue weighted by Gasteiger charge is -2.17. The maximum absolute atomic E-state index is 13.2. The largest absolute Gasteiger partial charge is 0.338 e. The maximum atomic E-state index is 13.2. The van der Waals surface area contributed by atoms with Gasteiger partial charge in [0, 0.05) is 32.0 Å². The first-order valence-electron chi connectivity index (χ1n) is 10.2. The third-order valence-electron chi connectivity index (χ3n) is 5.73. The molecular weight excluding hydrogens is 377 g/mol. The van der Waals surface area contributed by atoms with Gasteiger partial charge in [-0.05, 0) is 35.4 Å². The lowest BCUT2D eigenvalue weighted by atomic mass is 10.1. The van der Waals surface area contributed by atoms with E-state index in [9.17, 15) is 9.18 Å². The minimum Gasteiger partial charge on any atom is -0.338 e. The zero-order chi connectivity index (χ0) is 20.5. The zero-order valence-electron chi connectivity index (χ0n) is 16.5. The number of rotatable bonds is 5. The van der Waals surface area contributed by atoms with Gasteiger partial charge in [0.15, 0.2) is 0 Å². The van der Waals surface area contributed by atoms with Gasteiger partial charge in [0.25, 0.3) is 0 Å². The molecule has 0 saturated carbocycles. The number of carbonyl (C=O) groups excluding carboxylic acids is 1. The molecule has 30 heavy (non-hydrogen) atoms. The van der Waals surface area contributed by atoms with Crippen molar-refractivity contribution in [3.63, 3.8) is 0 Å². The first-order chi connectivity index (χ1) is 14.7. The zero-order valence-corrected chi connectivity index (χ0v) is 16.5. The highest BCUT2D eigenvalue weighted by Gasteiger charge is 2.34. The first-order valence-corrected chi connectivity index (χ1v) is 10.2. The van der Waals surface area contributed by atoms with Crippen molar-refractivity contribution in [3.8, 4) is 0 Å². The summed E-state index contributed by atoms with van der Waals surface area (Å²) in [6, 6.07) is 24.8. The number of fused-ring (bicyclic) bond motifs is 1. The number of aromatic nitrogens is 2. The van der Waals surface area contributed by atoms with E-state index in [1.165, 1.54) is 17.7 Å². The van der Waals surface area contributed by atoms with Crippen molar-refractivity contribution >= 4 is 16.9 Å². The summed E-state index contributed by atoms with van der Waals surface area (Å²) in [5, 5.41) is 0. The Morgan fingerprint density at radius 2 is 1.57 bits per heavy atom. The molecule has 0 N–H and O–H groups in total. The molecule has 4 nitrogen and oxygen atoms in total. The van der Waals surface area contributed by atoms with Crippen molar-refractivity contribution in [1.82, 2.24) is 14.5 Å². The number of hydrogen-bond acceptors (Lipinski definition) is 2. The Kier molecular flexibility index (Phi) is 4.79. The number of imidazole rings is 1. The van der Waals surface area contributed by atoms with Crippen LogP contribution in [0.2, 0.25) is 0 Å². The lowest BCUT2D eigenvalue weighted by Crippen LogP contribution is -2.24. The summed E-state index contributed by atoms with van der Waals surface area (Å²) in [7, 11) is 0. The number of nitrogens with zero attached hydrogens (tertiary/aromatic N) is 3. The number of amides is 1. The minimum absolute atomic E-state index is 0.0362. The topological polar surface area (TPSA) is 38.1 Å². The Bertz CT molecular complexity index is 1180. The van der Waals surface area contributed by atoms with Gasteiger partial charge < -0.3 is 9.47 Å². The predicted octanol–water partition coefficient (Wildman–Crippen LogP) is 4.74. The Morgan fingerprint density at radius 1 is 0.867 bits per heavy atom. The van der Waals surface area contributed by atoms with Crippen molar-refractivity contribution in [3.05, 3.63) is 102 Å². The second kappa shape index (κ2) is 7.75. The molecule has 1 aliphatic rings. The molecule has 0 spiro atoms. The monoisotopic (exact) mass is 399 g/mol. The van der Waals surface area contributed by atoms with Gasteiger partial charge in [0.05, 0.1) is 11.0 Å². The fourth-order valence-electron chi connectivity index (χ4n) is 4.25. The molecule has 5 heteroatoms. The first kappa shape index (κ1) is 18.6. The van der Waals surface area contributed by atoms with Gasteiger partial charge in [-0.2, -0.15) is 0 Å². The molecule has 0 aliphatic carbocycles. The van der Waals surface area contributed by atoms with Crippen LogP contribution < -0.4 is 0 Å². The Morgan fingerprint density at radius 3 is 2.37 bits per heavy atom. The molecular formula is C25H22FN3O. The molecule has 1 atom stereocenters. The van der Waals surface area contributed by atoms with Crippen molar-refractivity contribution in [1.29, 1.82) is 0 Å². The van der Waals surface area contributed by atoms with E-state index in [-0.39, 0.29) is 17.6 Å². The second-order valence-electron chi connectivity index (χ2n) is 7.83. The third-order valence-corrected chi connectivity index (χ3v) is 5.73. The fourth-order valence-corrected chi connectivity index (χ4v) is 4.25. The van der Waals surface area contributed by atoms with Crippen molar-refractivity contribution in [2.24, 2.45) is 0 Å². The molecule has 0 unspecified atom stereocenters. The fraction of sp³-hybridized carbons (Fsp3) is 0.200. The van der Waals surface area contributed by atoms with Crippen LogP contribution >= 0.6 is 0 Å². The second-order valence-corrected chi connectivity index (χ2v) is 7.83. The van der Waals surface area contributed by atoms with E-state index in [4.69, 9.17) is 4.98 Å². The Labute approximate surface area is 174 Å². The van der Waals surface area contributed by atoms with Gasteiger partial charge in [0.2, 0.25) is 5.91 Å². The van der Waals surface area contributed by atoms with E-state index < -0.39 is 0 Å². The van der Waals surface area contributed by atoms with Gasteiger partial charge in [-0.3, -0.25) is 4.79 Å². The van der Waals surface area contributed by atoms with Gasteiger partial charge in [-0.25, -0.2) is 9.37 Å². The Hall–Kier alpha value is -3.47. The van der Waals surface area contributed by atoms with Crippen LogP contribution in [-0.2, 0) is 17.9 Å². The van der Waals surface area contributed by atoms with Gasteiger partial charge >= 0.3 is 0 Å². The SMILES string of the molecule is O=C1C[C@@H](c2nc3ccccc3n2Cc2ccccc2)CN1Cc1ccc(F)cc1. The predicted molar refractivity (Wildman–Crippen MR) is 114 cm³/mol. The molecule has 1 saturated heterocycles. The minimum atomic E-state index is -0.265. The average Bonchev–Trinajstić information content (AvgIpc) is 3.31. The van der Waals surface area contributed by atoms with Gasteiger partial charge in [0.1, 0.15) is 11.6 Å². The van der Waals surface area contributed by atoms with E-state index in [0.29, 0.717) is 19.5 Å². The van der Waals surface area contributed by atoms with Crippen LogP contribution in [0, 0.1) is 5.82 Å². The summed E-state index contributed by atoms with van der Waals surface area (Å²) in [6.07, 6.45) is 0.444. The van der Waals surface area contributed by atoms with Crippen molar-refractivity contribution in [2.45, 2.75) is 25.4 Å². The number of carbonyl (C=O) groups is 1. The van der Waals surface area contributed by atoms with Crippen LogP contribution in [-0.4, -0.2) is 26.9 Å². The van der Waals surface area contributed by atoms with Gasteiger partial charge in [-0.1, -0.05) is 54.6 Å². The average molecular weight is 399 g/mol. The maximum Gasteiger partial charge on any atom is 0.223 e. The van der Waals surface area contributed by atoms with Crippen LogP contribution in [0.1, 0.15) is 29.3 Å². The summed E-state index contributed by atoms with van der Waals surface area (Å²) >= 11 is 0. The third kappa shape index (κ3) is 3.59. The summed E-state index contributed by atoms with van der Waals surface area (Å²) in [5.41, 5.74) is 4.17. The molecule has 1 amide bonds. The molecule has 3 aromatic carbocycles. The van der Waals surface area contributed by atoms with Crippen LogP contribution in [0.4, 0.5) is 4.39 Å². The normalized spacial score (nSPS) is 16.5. The molecule has 4 aromatic rings. The number of likely N-dealkylation sites (tertiary alicyclic amines) is 1. The molecule has 0 radical (unpaired) electrons. The number of para-hydroxylation sites is 2. The smallest absolute Gasteiger partial charge is 0.223 e. The highest BCUT2D eigenvalue weighted by Crippen LogP contribution is 2.31. The van der Waals surface area contributed by atoms with Gasteiger partial charge in [-0.15, -0.1) is 0 Å². The lowest BCUT2D eigenvalue weighted by molar-refractivity contribution is -0.128. The summed E-state index contributed by atoms with van der Waals surface area (Å²) in [4.78, 5) is 19.5. The summed E-state index contributed by atoms with van der Waals surface area (Å²) in [5.74, 6) is 0.839. The molecule has 150 valence electrons. The van der Waals surface area contributed by atoms with E-state index in [1.807, 2.05) is 41.3 Å². The van der Waals surface area contributed by atoms with E-state index >= 15 is 0 Å². The quantitative estimate of drug-likeness (QED) is 0.486. The molecule has 5 rings (SSSR count). The molecule has 1 fully saturated rings. The highest BCUT2D eigenvalue weighted by atomic mass is 19.1. The van der Waals surface area contributed by atoms with Crippen LogP contribution in [0.3, 0.4) is 0 Å². The highest BCUT2D eigenvalue weighted by molar-refractivity contribution is 5.81. The summed E-state index contributed by atoms with van der Waals surface area (Å²) in [6.45, 7) is 1.84. The van der Waals surface area contributed by atoms with E-state index in [0.717, 1.165) is 29.0 Å². The van der Waals surface area contributed by atoms with Crippen LogP contribution in [0.25, 0.3) is 11.0 Å². The molecule has 0 bridgehead atoms. The molecule has 1 aliphatic heterocycles. The molecule has 2 heterocycles. The van der Waals surface area contributed by atoms with Crippen molar-refractivity contribution < 1.29 is 9.18 Å². The standard InChI is InChI=1S/C25H22FN3O/c26-21-12-10-19(11-13-21)15-28-17-20(14-24(28)30)25-27-22-8-4-5-9-23(22)29(25)16-18-6-2-1-3-7-18/h1-13,20H,14-17H2/t20-/m1/s1. The van der Waals surface area contributed by atoms with Crippen molar-refractivity contribution in [2.75, 3.05) is 6.54 Å². The Balaban J connectivity index is 1.45. The van der Waals surface area contributed by atoms with E-state index in [2.05, 4.69) is 22.8 Å².